The Morgan fingerprint density at radius 1 is 1.25 bits per heavy atom. The average molecular weight is 351 g/mol. The molecule has 1 aromatic carbocycles. The van der Waals surface area contributed by atoms with Crippen LogP contribution in [0.4, 0.5) is 18.9 Å². The molecule has 4 nitrogen and oxygen atoms in total. The van der Waals surface area contributed by atoms with E-state index in [4.69, 9.17) is 0 Å². The van der Waals surface area contributed by atoms with Gasteiger partial charge in [-0.2, -0.15) is 13.2 Å². The van der Waals surface area contributed by atoms with Gasteiger partial charge in [0, 0.05) is 18.9 Å². The molecule has 8 heteroatoms. The quantitative estimate of drug-likeness (QED) is 0.833. The van der Waals surface area contributed by atoms with Gasteiger partial charge in [0.2, 0.25) is 0 Å². The maximum atomic E-state index is 12.7. The molecule has 1 amide bonds. The van der Waals surface area contributed by atoms with Crippen LogP contribution in [0.2, 0.25) is 0 Å². The van der Waals surface area contributed by atoms with E-state index in [1.165, 1.54) is 12.1 Å². The molecule has 1 N–H and O–H groups in total. The highest BCUT2D eigenvalue weighted by Crippen LogP contribution is 2.33. The summed E-state index contributed by atoms with van der Waals surface area (Å²) in [6, 6.07) is 8.35. The van der Waals surface area contributed by atoms with E-state index in [2.05, 4.69) is 10.3 Å². The van der Waals surface area contributed by atoms with Crippen molar-refractivity contribution in [2.75, 3.05) is 0 Å². The number of nitrogens with zero attached hydrogens (tertiary/aromatic N) is 2. The number of amidine groups is 1. The smallest absolute Gasteiger partial charge is 0.351 e. The summed E-state index contributed by atoms with van der Waals surface area (Å²) < 4.78 is 40.0. The van der Waals surface area contributed by atoms with E-state index in [1.54, 1.807) is 6.08 Å². The summed E-state index contributed by atoms with van der Waals surface area (Å²) in [7, 11) is 1.85. The number of aliphatic imine (C=N–C) groups is 1. The van der Waals surface area contributed by atoms with Crippen molar-refractivity contribution in [3.8, 4) is 0 Å². The number of amides is 1. The molecule has 1 aliphatic heterocycles. The molecule has 0 unspecified atom stereocenters. The van der Waals surface area contributed by atoms with Crippen molar-refractivity contribution in [2.45, 2.75) is 6.18 Å². The maximum Gasteiger partial charge on any atom is 0.416 e. The van der Waals surface area contributed by atoms with Gasteiger partial charge in [-0.1, -0.05) is 6.07 Å². The fourth-order valence-corrected chi connectivity index (χ4v) is 2.93. The first-order chi connectivity index (χ1) is 11.3. The van der Waals surface area contributed by atoms with Crippen molar-refractivity contribution in [2.24, 2.45) is 12.0 Å². The highest BCUT2D eigenvalue weighted by atomic mass is 32.2. The van der Waals surface area contributed by atoms with Gasteiger partial charge < -0.3 is 9.88 Å². The summed E-state index contributed by atoms with van der Waals surface area (Å²) in [5.41, 5.74) is 0.193. The van der Waals surface area contributed by atoms with Gasteiger partial charge in [0.25, 0.3) is 5.91 Å². The number of aromatic nitrogens is 1. The lowest BCUT2D eigenvalue weighted by atomic mass is 10.2. The Balaban J connectivity index is 1.85. The number of benzene rings is 1. The zero-order chi connectivity index (χ0) is 17.3. The number of alkyl halides is 3. The molecule has 2 heterocycles. The lowest BCUT2D eigenvalue weighted by Crippen LogP contribution is -2.19. The first-order valence-corrected chi connectivity index (χ1v) is 7.73. The molecule has 0 atom stereocenters. The molecule has 0 saturated carbocycles. The fraction of sp³-hybridized carbons (Fsp3) is 0.125. The van der Waals surface area contributed by atoms with E-state index in [9.17, 15) is 18.0 Å². The van der Waals surface area contributed by atoms with Crippen molar-refractivity contribution in [3.05, 3.63) is 58.8 Å². The molecule has 1 aliphatic rings. The number of aryl methyl sites for hydroxylation is 1. The zero-order valence-electron chi connectivity index (χ0n) is 12.5. The first-order valence-electron chi connectivity index (χ1n) is 6.91. The van der Waals surface area contributed by atoms with E-state index >= 15 is 0 Å². The molecule has 0 radical (unpaired) electrons. The van der Waals surface area contributed by atoms with E-state index < -0.39 is 11.7 Å². The minimum atomic E-state index is -4.43. The van der Waals surface area contributed by atoms with Crippen LogP contribution in [0.15, 0.2) is 52.5 Å². The third kappa shape index (κ3) is 3.53. The van der Waals surface area contributed by atoms with Crippen LogP contribution in [0.25, 0.3) is 6.08 Å². The molecule has 0 bridgehead atoms. The first kappa shape index (κ1) is 16.4. The number of nitrogens with one attached hydrogen (secondary N) is 1. The number of hydrogen-bond donors (Lipinski definition) is 1. The monoisotopic (exact) mass is 351 g/mol. The molecule has 0 aliphatic carbocycles. The van der Waals surface area contributed by atoms with Crippen molar-refractivity contribution < 1.29 is 18.0 Å². The second kappa shape index (κ2) is 6.20. The van der Waals surface area contributed by atoms with Crippen LogP contribution >= 0.6 is 11.8 Å². The lowest BCUT2D eigenvalue weighted by Gasteiger charge is -2.06. The van der Waals surface area contributed by atoms with Gasteiger partial charge in [0.1, 0.15) is 0 Å². The van der Waals surface area contributed by atoms with Crippen LogP contribution in [0, 0.1) is 0 Å². The van der Waals surface area contributed by atoms with Gasteiger partial charge in [0.15, 0.2) is 5.17 Å². The van der Waals surface area contributed by atoms with E-state index in [0.717, 1.165) is 29.6 Å². The van der Waals surface area contributed by atoms with Gasteiger partial charge in [-0.3, -0.25) is 4.79 Å². The molecule has 124 valence electrons. The SMILES string of the molecule is Cn1cccc1/C=C1/SC(=Nc2cccc(C(F)(F)F)c2)NC1=O. The summed E-state index contributed by atoms with van der Waals surface area (Å²) in [6.45, 7) is 0. The van der Waals surface area contributed by atoms with E-state index in [-0.39, 0.29) is 16.8 Å². The molecule has 0 spiro atoms. The number of thioether (sulfide) groups is 1. The summed E-state index contributed by atoms with van der Waals surface area (Å²) in [5, 5.41) is 2.81. The number of carbonyl (C=O) groups is 1. The van der Waals surface area contributed by atoms with Gasteiger partial charge in [0.05, 0.1) is 16.2 Å². The summed E-state index contributed by atoms with van der Waals surface area (Å²) in [4.78, 5) is 16.5. The van der Waals surface area contributed by atoms with Crippen molar-refractivity contribution in [1.29, 1.82) is 0 Å². The predicted octanol–water partition coefficient (Wildman–Crippen LogP) is 3.94. The normalized spacial score (nSPS) is 18.4. The third-order valence-electron chi connectivity index (χ3n) is 3.32. The number of halogens is 3. The van der Waals surface area contributed by atoms with Gasteiger partial charge in [-0.25, -0.2) is 4.99 Å². The van der Waals surface area contributed by atoms with Crippen LogP contribution < -0.4 is 5.32 Å². The van der Waals surface area contributed by atoms with Crippen LogP contribution in [0.1, 0.15) is 11.3 Å². The van der Waals surface area contributed by atoms with E-state index in [0.29, 0.717) is 4.91 Å². The Labute approximate surface area is 140 Å². The van der Waals surface area contributed by atoms with Crippen LogP contribution in [-0.4, -0.2) is 15.6 Å². The Morgan fingerprint density at radius 2 is 2.04 bits per heavy atom. The van der Waals surface area contributed by atoms with Crippen molar-refractivity contribution >= 4 is 34.6 Å². The third-order valence-corrected chi connectivity index (χ3v) is 4.23. The molecular formula is C16H12F3N3OS. The molecule has 1 saturated heterocycles. The predicted molar refractivity (Wildman–Crippen MR) is 87.7 cm³/mol. The molecule has 2 aromatic rings. The van der Waals surface area contributed by atoms with Crippen LogP contribution in [-0.2, 0) is 18.0 Å². The summed E-state index contributed by atoms with van der Waals surface area (Å²) >= 11 is 1.09. The Kier molecular flexibility index (Phi) is 4.23. The van der Waals surface area contributed by atoms with Gasteiger partial charge >= 0.3 is 6.18 Å². The summed E-state index contributed by atoms with van der Waals surface area (Å²) in [6.07, 6.45) is -0.879. The number of hydrogen-bond acceptors (Lipinski definition) is 3. The highest BCUT2D eigenvalue weighted by Gasteiger charge is 2.30. The highest BCUT2D eigenvalue weighted by molar-refractivity contribution is 8.18. The molecular weight excluding hydrogens is 339 g/mol. The molecule has 3 rings (SSSR count). The Hall–Kier alpha value is -2.48. The minimum Gasteiger partial charge on any atom is -0.351 e. The Bertz CT molecular complexity index is 852. The molecule has 1 aromatic heterocycles. The van der Waals surface area contributed by atoms with Crippen molar-refractivity contribution in [3.63, 3.8) is 0 Å². The van der Waals surface area contributed by atoms with E-state index in [1.807, 2.05) is 29.9 Å². The average Bonchev–Trinajstić information content (AvgIpc) is 3.06. The topological polar surface area (TPSA) is 46.4 Å². The fourth-order valence-electron chi connectivity index (χ4n) is 2.11. The second-order valence-corrected chi connectivity index (χ2v) is 6.10. The van der Waals surface area contributed by atoms with Crippen molar-refractivity contribution in [1.82, 2.24) is 9.88 Å². The molecule has 24 heavy (non-hydrogen) atoms. The largest absolute Gasteiger partial charge is 0.416 e. The minimum absolute atomic E-state index is 0.132. The van der Waals surface area contributed by atoms with Gasteiger partial charge in [-0.15, -0.1) is 0 Å². The maximum absolute atomic E-state index is 12.7. The number of carbonyl (C=O) groups excluding carboxylic acids is 1. The zero-order valence-corrected chi connectivity index (χ0v) is 13.3. The van der Waals surface area contributed by atoms with Gasteiger partial charge in [-0.05, 0) is 48.2 Å². The van der Waals surface area contributed by atoms with Crippen LogP contribution in [0.5, 0.6) is 0 Å². The summed E-state index contributed by atoms with van der Waals surface area (Å²) in [5.74, 6) is -0.327. The molecule has 1 fully saturated rings. The number of rotatable bonds is 2. The van der Waals surface area contributed by atoms with Crippen LogP contribution in [0.3, 0.4) is 0 Å². The standard InChI is InChI=1S/C16H12F3N3OS/c1-22-7-3-6-12(22)9-13-14(23)21-15(24-13)20-11-5-2-4-10(8-11)16(17,18)19/h2-9H,1H3,(H,20,21,23)/b13-9+. The second-order valence-electron chi connectivity index (χ2n) is 5.07. The lowest BCUT2D eigenvalue weighted by molar-refractivity contribution is -0.137. The Morgan fingerprint density at radius 3 is 2.71 bits per heavy atom.